The number of nitrogens with two attached hydrogens (primary N) is 1. The number of anilines is 1. The predicted molar refractivity (Wildman–Crippen MR) is 149 cm³/mol. The number of phenols is 1. The predicted octanol–water partition coefficient (Wildman–Crippen LogP) is 4.08. The summed E-state index contributed by atoms with van der Waals surface area (Å²) in [5.74, 6) is -22.9. The van der Waals surface area contributed by atoms with E-state index in [4.69, 9.17) is 33.7 Å². The second-order valence-electron chi connectivity index (χ2n) is 11.8. The largest absolute Gasteiger partial charge is 0.508 e. The minimum atomic E-state index is -2.74. The summed E-state index contributed by atoms with van der Waals surface area (Å²) >= 11 is 14.1. The maximum absolute atomic E-state index is 15.1. The van der Waals surface area contributed by atoms with Gasteiger partial charge in [0.05, 0.1) is 18.1 Å². The molecule has 3 N–H and O–H groups in total. The molecule has 2 aromatic carbocycles. The van der Waals surface area contributed by atoms with Crippen molar-refractivity contribution in [1.29, 1.82) is 0 Å². The fraction of sp³-hybridized carbons (Fsp3) is 0.300. The molecule has 10 nitrogen and oxygen atoms in total. The second kappa shape index (κ2) is 10.0. The summed E-state index contributed by atoms with van der Waals surface area (Å²) in [6.45, 7) is 0. The average Bonchev–Trinajstić information content (AvgIpc) is 3.37. The number of allylic oxidation sites excluding steroid dienone is 3. The summed E-state index contributed by atoms with van der Waals surface area (Å²) < 4.78 is 78.6. The molecule has 2 saturated heterocycles. The summed E-state index contributed by atoms with van der Waals surface area (Å²) in [5.41, 5.74) is 4.03. The van der Waals surface area contributed by atoms with E-state index in [2.05, 4.69) is 0 Å². The lowest BCUT2D eigenvalue weighted by atomic mass is 9.56. The number of imide groups is 4. The number of ether oxygens (including phenoxy) is 1. The highest BCUT2D eigenvalue weighted by atomic mass is 35.5. The number of hydrogen-bond donors (Lipinski definition) is 2. The fourth-order valence-electron chi connectivity index (χ4n) is 7.60. The third kappa shape index (κ3) is 3.80. The van der Waals surface area contributed by atoms with E-state index in [0.717, 1.165) is 6.26 Å². The number of nitrogens with zero attached hydrogens (tertiary/aromatic N) is 2. The maximum Gasteiger partial charge on any atom is 0.328 e. The van der Waals surface area contributed by atoms with Crippen LogP contribution in [0.3, 0.4) is 0 Å². The van der Waals surface area contributed by atoms with Crippen molar-refractivity contribution in [2.24, 2.45) is 29.4 Å². The molecule has 5 aliphatic rings. The molecule has 7 rings (SSSR count). The third-order valence-electron chi connectivity index (χ3n) is 9.59. The van der Waals surface area contributed by atoms with Gasteiger partial charge >= 0.3 is 6.03 Å². The molecule has 0 unspecified atom stereocenters. The molecule has 47 heavy (non-hydrogen) atoms. The van der Waals surface area contributed by atoms with Gasteiger partial charge < -0.3 is 15.6 Å². The normalized spacial score (nSPS) is 31.1. The first-order chi connectivity index (χ1) is 22.1. The second-order valence-corrected chi connectivity index (χ2v) is 13.1. The number of likely N-dealkylation sites (tertiary alicyclic amines) is 1. The molecular weight excluding hydrogens is 680 g/mol. The Morgan fingerprint density at radius 3 is 2.21 bits per heavy atom. The minimum Gasteiger partial charge on any atom is -0.508 e. The molecule has 0 bridgehead atoms. The van der Waals surface area contributed by atoms with Crippen LogP contribution in [0.2, 0.25) is 0 Å². The number of phenolic OH excluding ortho intramolecular Hbond substituents is 1. The van der Waals surface area contributed by atoms with Crippen molar-refractivity contribution in [3.05, 3.63) is 76.3 Å². The molecule has 3 aliphatic heterocycles. The zero-order valence-electron chi connectivity index (χ0n) is 23.3. The number of alkyl halides is 2. The quantitative estimate of drug-likeness (QED) is 0.120. The number of aromatic hydroxyl groups is 1. The molecule has 0 spiro atoms. The number of fused-ring (bicyclic) bond motifs is 5. The minimum absolute atomic E-state index is 0.112. The van der Waals surface area contributed by atoms with Crippen LogP contribution in [0.5, 0.6) is 11.5 Å². The molecular formula is C30H18Cl2F5N3O7. The Morgan fingerprint density at radius 2 is 1.57 bits per heavy atom. The molecule has 1 saturated carbocycles. The lowest BCUT2D eigenvalue weighted by Gasteiger charge is -2.51. The number of benzene rings is 2. The van der Waals surface area contributed by atoms with Crippen molar-refractivity contribution in [3.63, 3.8) is 0 Å². The smallest absolute Gasteiger partial charge is 0.328 e. The zero-order valence-corrected chi connectivity index (χ0v) is 24.8. The molecule has 0 radical (unpaired) electrons. The molecule has 17 heteroatoms. The van der Waals surface area contributed by atoms with Crippen molar-refractivity contribution < 1.29 is 55.8 Å². The zero-order chi connectivity index (χ0) is 34.1. The van der Waals surface area contributed by atoms with Crippen molar-refractivity contribution in [2.75, 3.05) is 4.90 Å². The first-order valence-electron chi connectivity index (χ1n) is 13.9. The van der Waals surface area contributed by atoms with Gasteiger partial charge in [-0.05, 0) is 42.5 Å². The van der Waals surface area contributed by atoms with Crippen molar-refractivity contribution in [2.45, 2.75) is 29.0 Å². The van der Waals surface area contributed by atoms with Gasteiger partial charge in [-0.25, -0.2) is 31.6 Å². The lowest BCUT2D eigenvalue weighted by Crippen LogP contribution is -2.61. The van der Waals surface area contributed by atoms with Crippen LogP contribution in [-0.4, -0.2) is 49.4 Å². The van der Waals surface area contributed by atoms with Gasteiger partial charge in [0.2, 0.25) is 17.6 Å². The van der Waals surface area contributed by atoms with Crippen molar-refractivity contribution in [3.8, 4) is 11.5 Å². The molecule has 244 valence electrons. The van der Waals surface area contributed by atoms with E-state index < -0.39 is 104 Å². The van der Waals surface area contributed by atoms with Gasteiger partial charge in [-0.15, -0.1) is 23.2 Å². The van der Waals surface area contributed by atoms with Gasteiger partial charge in [0.1, 0.15) is 17.2 Å². The molecule has 3 heterocycles. The summed E-state index contributed by atoms with van der Waals surface area (Å²) in [6, 6.07) is 2.74. The van der Waals surface area contributed by atoms with Crippen LogP contribution in [0, 0.1) is 52.8 Å². The van der Waals surface area contributed by atoms with E-state index in [-0.39, 0.29) is 45.3 Å². The molecule has 2 aliphatic carbocycles. The van der Waals surface area contributed by atoms with Crippen molar-refractivity contribution >= 4 is 58.5 Å². The summed E-state index contributed by atoms with van der Waals surface area (Å²) in [6.07, 6.45) is 1.59. The van der Waals surface area contributed by atoms with Gasteiger partial charge in [0.25, 0.3) is 11.8 Å². The van der Waals surface area contributed by atoms with E-state index in [9.17, 15) is 42.3 Å². The summed E-state index contributed by atoms with van der Waals surface area (Å²) in [7, 11) is 0. The third-order valence-corrected chi connectivity index (χ3v) is 11.0. The van der Waals surface area contributed by atoms with Crippen LogP contribution in [0.15, 0.2) is 41.7 Å². The maximum atomic E-state index is 15.1. The van der Waals surface area contributed by atoms with Crippen LogP contribution >= 0.6 is 23.2 Å². The number of urea groups is 1. The molecule has 3 fully saturated rings. The molecule has 0 aromatic heterocycles. The lowest BCUT2D eigenvalue weighted by molar-refractivity contribution is -0.136. The molecule has 6 amide bonds. The number of amides is 6. The Morgan fingerprint density at radius 1 is 0.936 bits per heavy atom. The Labute approximate surface area is 270 Å². The van der Waals surface area contributed by atoms with Gasteiger partial charge in [0.15, 0.2) is 33.0 Å². The summed E-state index contributed by atoms with van der Waals surface area (Å²) in [5, 5.41) is 10.1. The number of halogens is 7. The van der Waals surface area contributed by atoms with E-state index in [1.165, 1.54) is 24.3 Å². The van der Waals surface area contributed by atoms with Crippen LogP contribution in [0.4, 0.5) is 32.4 Å². The Kier molecular flexibility index (Phi) is 6.62. The highest BCUT2D eigenvalue weighted by Gasteiger charge is 2.77. The number of rotatable bonds is 2. The van der Waals surface area contributed by atoms with Crippen LogP contribution < -0.4 is 15.4 Å². The van der Waals surface area contributed by atoms with Crippen LogP contribution in [0.25, 0.3) is 0 Å². The number of carbonyl (C=O) groups excluding carboxylic acids is 5. The van der Waals surface area contributed by atoms with Gasteiger partial charge in [-0.2, -0.15) is 4.90 Å². The average molecular weight is 698 g/mol. The SMILES string of the molecule is NC(=O)N1C(=O)[C@H]2[C@H](CC=C3[C@H](C4=COc5ccc(O)cc5C4)[C@]4(Cl)C(=O)N(c5c(F)c(F)c(F)c(F)c5F)C(=O)[C@]4(Cl)C[C@H]32)C1=O. The number of carbonyl (C=O) groups is 5. The molecule has 6 atom stereocenters. The van der Waals surface area contributed by atoms with E-state index in [0.29, 0.717) is 5.56 Å². The van der Waals surface area contributed by atoms with E-state index in [1.54, 1.807) is 0 Å². The Hall–Kier alpha value is -4.50. The topological polar surface area (TPSA) is 147 Å². The van der Waals surface area contributed by atoms with Gasteiger partial charge in [-0.1, -0.05) is 11.6 Å². The number of hydrogen-bond acceptors (Lipinski definition) is 7. The highest BCUT2D eigenvalue weighted by molar-refractivity contribution is 6.58. The van der Waals surface area contributed by atoms with Gasteiger partial charge in [0, 0.05) is 17.9 Å². The molecule has 2 aromatic rings. The highest BCUT2D eigenvalue weighted by Crippen LogP contribution is 2.65. The van der Waals surface area contributed by atoms with Crippen LogP contribution in [-0.2, 0) is 25.6 Å². The fourth-order valence-corrected chi connectivity index (χ4v) is 8.54. The van der Waals surface area contributed by atoms with Gasteiger partial charge in [-0.3, -0.25) is 19.2 Å². The van der Waals surface area contributed by atoms with Crippen molar-refractivity contribution in [1.82, 2.24) is 4.90 Å². The van der Waals surface area contributed by atoms with E-state index in [1.807, 2.05) is 0 Å². The van der Waals surface area contributed by atoms with Crippen LogP contribution in [0.1, 0.15) is 18.4 Å². The Balaban J connectivity index is 1.44. The van der Waals surface area contributed by atoms with E-state index >= 15 is 8.78 Å². The first kappa shape index (κ1) is 31.1. The summed E-state index contributed by atoms with van der Waals surface area (Å²) in [4.78, 5) is 61.5. The first-order valence-corrected chi connectivity index (χ1v) is 14.6. The monoisotopic (exact) mass is 697 g/mol. The standard InChI is InChI=1S/C30H18Cl2F5N3O7/c31-29-7-14-12(2-3-13-16(14)25(43)40(24(13)42)28(38)46)17(10-5-9-6-11(41)1-4-15(9)47-8-10)30(29,32)27(45)39(26(29)44)23-21(36)19(34)18(33)20(35)22(23)37/h1-2,4,6,8,13-14,16-17,41H,3,5,7H2,(H2,38,46)/t13-,14+,16-,17-,29+,30-/m0/s1. The Bertz CT molecular complexity index is 1940. The number of primary amides is 1.